The van der Waals surface area contributed by atoms with Gasteiger partial charge in [0.25, 0.3) is 8.53 Å². The maximum absolute atomic E-state index is 13.7. The Morgan fingerprint density at radius 1 is 0.881 bits per heavy atom. The van der Waals surface area contributed by atoms with Crippen LogP contribution in [0.3, 0.4) is 0 Å². The van der Waals surface area contributed by atoms with E-state index in [1.165, 1.54) is 17.9 Å². The number of anilines is 1. The fourth-order valence-electron chi connectivity index (χ4n) is 7.07. The van der Waals surface area contributed by atoms with Crippen LogP contribution in [0.15, 0.2) is 95.9 Å². The van der Waals surface area contributed by atoms with Crippen LogP contribution in [0, 0.1) is 17.2 Å². The number of nitriles is 1. The number of methoxy groups -OCH3 is 3. The zero-order valence-electron chi connectivity index (χ0n) is 35.2. The first kappa shape index (κ1) is 45.4. The maximum Gasteiger partial charge on any atom is 0.351 e. The largest absolute Gasteiger partial charge is 0.497 e. The van der Waals surface area contributed by atoms with Gasteiger partial charge in [-0.05, 0) is 74.7 Å². The fraction of sp³-hybridized carbons (Fsp3) is 0.455. The highest BCUT2D eigenvalue weighted by molar-refractivity contribution is 7.44. The van der Waals surface area contributed by atoms with Gasteiger partial charge in [0.15, 0.2) is 6.23 Å². The van der Waals surface area contributed by atoms with E-state index >= 15 is 0 Å². The summed E-state index contributed by atoms with van der Waals surface area (Å²) < 4.78 is 48.1. The minimum Gasteiger partial charge on any atom is -0.497 e. The summed E-state index contributed by atoms with van der Waals surface area (Å²) in [4.78, 5) is 30.3. The maximum atomic E-state index is 13.7. The second kappa shape index (κ2) is 21.0. The van der Waals surface area contributed by atoms with Crippen molar-refractivity contribution >= 4 is 20.3 Å². The third kappa shape index (κ3) is 10.5. The number of hydrogen-bond donors (Lipinski definition) is 1. The first-order valence-electron chi connectivity index (χ1n) is 19.7. The topological polar surface area (TPSA) is 156 Å². The van der Waals surface area contributed by atoms with Gasteiger partial charge in [0.1, 0.15) is 41.2 Å². The molecule has 3 aromatic carbocycles. The summed E-state index contributed by atoms with van der Waals surface area (Å²) in [6.45, 7) is 11.8. The summed E-state index contributed by atoms with van der Waals surface area (Å²) in [6, 6.07) is 29.0. The quantitative estimate of drug-likeness (QED) is 0.0535. The van der Waals surface area contributed by atoms with Crippen molar-refractivity contribution in [3.63, 3.8) is 0 Å². The van der Waals surface area contributed by atoms with E-state index in [0.29, 0.717) is 11.5 Å². The molecule has 4 aromatic rings. The molecule has 316 valence electrons. The fourth-order valence-corrected chi connectivity index (χ4v) is 8.84. The molecular formula is C44H56N5O9P. The molecule has 1 aliphatic heterocycles. The van der Waals surface area contributed by atoms with E-state index in [2.05, 4.69) is 48.7 Å². The van der Waals surface area contributed by atoms with Gasteiger partial charge in [-0.15, -0.1) is 0 Å². The molecule has 5 rings (SSSR count). The molecule has 1 fully saturated rings. The highest BCUT2D eigenvalue weighted by Gasteiger charge is 2.51. The van der Waals surface area contributed by atoms with Gasteiger partial charge in [0.2, 0.25) is 5.91 Å². The SMILES string of the molecule is COc1ccc(C(OC[C@H]2O[C@@H](n3ccc(NC(=O)C(C)C)nc3=O)[C@H](OC)[C@@H]2OP(OCCC#N)N(C(C)C)C(C)C)(c2ccccc2)c2ccc(OC)cc2)cc1. The highest BCUT2D eigenvalue weighted by atomic mass is 31.2. The number of ether oxygens (including phenoxy) is 5. The molecule has 0 spiro atoms. The predicted octanol–water partition coefficient (Wildman–Crippen LogP) is 7.44. The molecule has 14 nitrogen and oxygen atoms in total. The number of rotatable bonds is 20. The normalized spacial score (nSPS) is 18.6. The van der Waals surface area contributed by atoms with Crippen LogP contribution in [-0.4, -0.2) is 85.1 Å². The number of benzene rings is 3. The van der Waals surface area contributed by atoms with Crippen molar-refractivity contribution in [1.29, 1.82) is 5.26 Å². The van der Waals surface area contributed by atoms with Crippen molar-refractivity contribution in [3.05, 3.63) is 118 Å². The van der Waals surface area contributed by atoms with E-state index in [1.807, 2.05) is 78.9 Å². The molecule has 15 heteroatoms. The molecule has 0 bridgehead atoms. The van der Waals surface area contributed by atoms with Crippen LogP contribution in [0.4, 0.5) is 5.82 Å². The lowest BCUT2D eigenvalue weighted by Crippen LogP contribution is -2.43. The van der Waals surface area contributed by atoms with Gasteiger partial charge in [0.05, 0.1) is 39.9 Å². The monoisotopic (exact) mass is 829 g/mol. The van der Waals surface area contributed by atoms with Gasteiger partial charge in [-0.25, -0.2) is 9.46 Å². The predicted molar refractivity (Wildman–Crippen MR) is 225 cm³/mol. The summed E-state index contributed by atoms with van der Waals surface area (Å²) in [5.74, 6) is 0.904. The minimum atomic E-state index is -1.79. The first-order chi connectivity index (χ1) is 28.4. The van der Waals surface area contributed by atoms with Gasteiger partial charge >= 0.3 is 5.69 Å². The molecular weight excluding hydrogens is 773 g/mol. The summed E-state index contributed by atoms with van der Waals surface area (Å²) in [7, 11) is 2.97. The Hall–Kier alpha value is -4.71. The molecule has 0 saturated carbocycles. The average Bonchev–Trinajstić information content (AvgIpc) is 3.57. The van der Waals surface area contributed by atoms with Crippen LogP contribution in [-0.2, 0) is 33.7 Å². The standard InChI is InChI=1S/C44H56N5O9P/c1-29(2)41(50)46-38-24-26-48(43(51)47-38)42-40(54-9)39(58-59(56-27-13-25-45)49(30(3)4)31(5)6)37(57-42)28-55-44(32-14-11-10-12-15-32,33-16-20-35(52-7)21-17-33)34-18-22-36(53-8)23-19-34/h10-12,14-24,26,29-31,37,39-40,42H,13,27-28H2,1-9H3,(H,46,47,50,51)/t37-,39-,40-,42-,59?/m1/s1. The molecule has 1 N–H and O–H groups in total. The summed E-state index contributed by atoms with van der Waals surface area (Å²) >= 11 is 0. The van der Waals surface area contributed by atoms with Gasteiger partial charge in [-0.2, -0.15) is 10.2 Å². The zero-order chi connectivity index (χ0) is 42.7. The van der Waals surface area contributed by atoms with Crippen LogP contribution in [0.5, 0.6) is 11.5 Å². The highest BCUT2D eigenvalue weighted by Crippen LogP contribution is 2.51. The van der Waals surface area contributed by atoms with Crippen LogP contribution >= 0.6 is 8.53 Å². The molecule has 0 aliphatic carbocycles. The molecule has 59 heavy (non-hydrogen) atoms. The van der Waals surface area contributed by atoms with Crippen LogP contribution < -0.4 is 20.5 Å². The minimum absolute atomic E-state index is 0.00768. The summed E-state index contributed by atoms with van der Waals surface area (Å²) in [5.41, 5.74) is 0.624. The van der Waals surface area contributed by atoms with E-state index < -0.39 is 44.4 Å². The molecule has 1 amide bonds. The van der Waals surface area contributed by atoms with Crippen LogP contribution in [0.25, 0.3) is 0 Å². The molecule has 1 aliphatic rings. The molecule has 0 radical (unpaired) electrons. The molecule has 2 heterocycles. The Morgan fingerprint density at radius 2 is 1.46 bits per heavy atom. The lowest BCUT2D eigenvalue weighted by molar-refractivity contribution is -0.118. The third-order valence-electron chi connectivity index (χ3n) is 9.95. The zero-order valence-corrected chi connectivity index (χ0v) is 36.1. The van der Waals surface area contributed by atoms with Gasteiger partial charge < -0.3 is 38.0 Å². The Morgan fingerprint density at radius 3 is 1.95 bits per heavy atom. The Bertz CT molecular complexity index is 1990. The number of hydrogen-bond acceptors (Lipinski definition) is 12. The summed E-state index contributed by atoms with van der Waals surface area (Å²) in [5, 5.41) is 12.1. The number of carbonyl (C=O) groups excluding carboxylic acids is 1. The van der Waals surface area contributed by atoms with Crippen molar-refractivity contribution < 1.29 is 37.5 Å². The number of carbonyl (C=O) groups is 1. The second-order valence-electron chi connectivity index (χ2n) is 14.8. The van der Waals surface area contributed by atoms with E-state index in [9.17, 15) is 14.9 Å². The Labute approximate surface area is 348 Å². The van der Waals surface area contributed by atoms with Crippen molar-refractivity contribution in [1.82, 2.24) is 14.2 Å². The number of amides is 1. The third-order valence-corrected chi connectivity index (χ3v) is 12.1. The second-order valence-corrected chi connectivity index (χ2v) is 16.3. The van der Waals surface area contributed by atoms with Crippen molar-refractivity contribution in [2.45, 2.75) is 90.2 Å². The van der Waals surface area contributed by atoms with Gasteiger partial charge in [-0.3, -0.25) is 9.36 Å². The van der Waals surface area contributed by atoms with E-state index in [4.69, 9.17) is 32.7 Å². The van der Waals surface area contributed by atoms with Crippen molar-refractivity contribution in [2.24, 2.45) is 5.92 Å². The van der Waals surface area contributed by atoms with Crippen molar-refractivity contribution in [2.75, 3.05) is 39.9 Å². The smallest absolute Gasteiger partial charge is 0.351 e. The van der Waals surface area contributed by atoms with Crippen LogP contribution in [0.2, 0.25) is 0 Å². The van der Waals surface area contributed by atoms with Crippen LogP contribution in [0.1, 0.15) is 70.9 Å². The van der Waals surface area contributed by atoms with E-state index in [1.54, 1.807) is 34.1 Å². The van der Waals surface area contributed by atoms with Gasteiger partial charge in [0, 0.05) is 31.3 Å². The first-order valence-corrected chi connectivity index (χ1v) is 20.8. The molecule has 1 aromatic heterocycles. The number of nitrogens with one attached hydrogen (secondary N) is 1. The summed E-state index contributed by atoms with van der Waals surface area (Å²) in [6.07, 6.45) is -1.90. The Kier molecular flexibility index (Phi) is 16.2. The lowest BCUT2D eigenvalue weighted by atomic mass is 9.80. The lowest BCUT2D eigenvalue weighted by Gasteiger charge is -2.39. The van der Waals surface area contributed by atoms with E-state index in [-0.39, 0.29) is 49.4 Å². The number of nitrogens with zero attached hydrogens (tertiary/aromatic N) is 4. The molecule has 5 atom stereocenters. The average molecular weight is 830 g/mol. The van der Waals surface area contributed by atoms with Crippen molar-refractivity contribution in [3.8, 4) is 17.6 Å². The Balaban J connectivity index is 1.64. The molecule has 1 unspecified atom stereocenters. The van der Waals surface area contributed by atoms with E-state index in [0.717, 1.165) is 16.7 Å². The molecule has 1 saturated heterocycles. The number of aromatic nitrogens is 2. The van der Waals surface area contributed by atoms with Gasteiger partial charge in [-0.1, -0.05) is 68.4 Å².